The number of amides is 2. The molecule has 2 N–H and O–H groups in total. The first-order chi connectivity index (χ1) is 9.50. The Morgan fingerprint density at radius 2 is 2.10 bits per heavy atom. The van der Waals surface area contributed by atoms with Gasteiger partial charge in [-0.25, -0.2) is 8.78 Å². The van der Waals surface area contributed by atoms with Gasteiger partial charge in [-0.1, -0.05) is 6.07 Å². The molecule has 1 aromatic carbocycles. The number of nitrogens with one attached hydrogen (secondary N) is 2. The lowest BCUT2D eigenvalue weighted by molar-refractivity contribution is -0.126. The molecule has 6 heteroatoms. The van der Waals surface area contributed by atoms with E-state index in [-0.39, 0.29) is 11.8 Å². The number of carbonyl (C=O) groups is 2. The van der Waals surface area contributed by atoms with Gasteiger partial charge < -0.3 is 10.6 Å². The SMILES string of the molecule is O=C1CCC(C(=O)NC2(c3ccc(F)cc3F)CC2)N1. The van der Waals surface area contributed by atoms with Crippen LogP contribution in [0.15, 0.2) is 18.2 Å². The summed E-state index contributed by atoms with van der Waals surface area (Å²) in [6, 6.07) is 2.81. The van der Waals surface area contributed by atoms with Crippen molar-refractivity contribution in [2.45, 2.75) is 37.3 Å². The lowest BCUT2D eigenvalue weighted by atomic mass is 10.0. The van der Waals surface area contributed by atoms with Gasteiger partial charge in [0.1, 0.15) is 17.7 Å². The average molecular weight is 280 g/mol. The number of hydrogen-bond donors (Lipinski definition) is 2. The van der Waals surface area contributed by atoms with Crippen LogP contribution >= 0.6 is 0 Å². The molecule has 0 radical (unpaired) electrons. The largest absolute Gasteiger partial charge is 0.345 e. The highest BCUT2D eigenvalue weighted by atomic mass is 19.1. The summed E-state index contributed by atoms with van der Waals surface area (Å²) in [6.45, 7) is 0. The van der Waals surface area contributed by atoms with Crippen LogP contribution in [0.25, 0.3) is 0 Å². The Hall–Kier alpha value is -1.98. The summed E-state index contributed by atoms with van der Waals surface area (Å²) in [5.74, 6) is -1.75. The van der Waals surface area contributed by atoms with E-state index in [1.165, 1.54) is 12.1 Å². The highest BCUT2D eigenvalue weighted by Gasteiger charge is 2.48. The molecule has 4 nitrogen and oxygen atoms in total. The van der Waals surface area contributed by atoms with Gasteiger partial charge in [-0.2, -0.15) is 0 Å². The van der Waals surface area contributed by atoms with Crippen LogP contribution < -0.4 is 10.6 Å². The summed E-state index contributed by atoms with van der Waals surface area (Å²) >= 11 is 0. The fourth-order valence-corrected chi connectivity index (χ4v) is 2.60. The van der Waals surface area contributed by atoms with Gasteiger partial charge in [-0.15, -0.1) is 0 Å². The molecule has 1 heterocycles. The standard InChI is InChI=1S/C14H14F2N2O2/c15-8-1-2-9(10(16)7-8)14(5-6-14)18-13(20)11-3-4-12(19)17-11/h1-2,7,11H,3-6H2,(H,17,19)(H,18,20). The smallest absolute Gasteiger partial charge is 0.243 e. The summed E-state index contributed by atoms with van der Waals surface area (Å²) in [7, 11) is 0. The molecule has 106 valence electrons. The van der Waals surface area contributed by atoms with E-state index in [4.69, 9.17) is 0 Å². The van der Waals surface area contributed by atoms with Crippen LogP contribution in [-0.4, -0.2) is 17.9 Å². The number of benzene rings is 1. The Balaban J connectivity index is 1.76. The van der Waals surface area contributed by atoms with Crippen LogP contribution in [0.1, 0.15) is 31.2 Å². The molecular weight excluding hydrogens is 266 g/mol. The summed E-state index contributed by atoms with van der Waals surface area (Å²) in [6.07, 6.45) is 2.01. The van der Waals surface area contributed by atoms with Crippen molar-refractivity contribution >= 4 is 11.8 Å². The quantitative estimate of drug-likeness (QED) is 0.878. The average Bonchev–Trinajstić information content (AvgIpc) is 3.01. The second kappa shape index (κ2) is 4.54. The Labute approximate surface area is 114 Å². The van der Waals surface area contributed by atoms with Crippen molar-refractivity contribution in [3.63, 3.8) is 0 Å². The molecule has 3 rings (SSSR count). The van der Waals surface area contributed by atoms with Crippen LogP contribution in [-0.2, 0) is 15.1 Å². The molecule has 1 unspecified atom stereocenters. The molecule has 2 aliphatic rings. The van der Waals surface area contributed by atoms with Crippen molar-refractivity contribution < 1.29 is 18.4 Å². The first-order valence-corrected chi connectivity index (χ1v) is 6.57. The van der Waals surface area contributed by atoms with E-state index >= 15 is 0 Å². The van der Waals surface area contributed by atoms with Crippen LogP contribution in [0.3, 0.4) is 0 Å². The third-order valence-electron chi connectivity index (χ3n) is 3.87. The van der Waals surface area contributed by atoms with Gasteiger partial charge in [0.25, 0.3) is 0 Å². The molecule has 1 aromatic rings. The minimum absolute atomic E-state index is 0.150. The summed E-state index contributed by atoms with van der Waals surface area (Å²) in [4.78, 5) is 23.2. The zero-order valence-electron chi connectivity index (χ0n) is 10.7. The maximum atomic E-state index is 13.8. The molecule has 2 fully saturated rings. The van der Waals surface area contributed by atoms with Crippen LogP contribution in [0, 0.1) is 11.6 Å². The third kappa shape index (κ3) is 2.26. The Morgan fingerprint density at radius 1 is 1.35 bits per heavy atom. The monoisotopic (exact) mass is 280 g/mol. The summed E-state index contributed by atoms with van der Waals surface area (Å²) in [5.41, 5.74) is -0.445. The summed E-state index contributed by atoms with van der Waals surface area (Å²) < 4.78 is 26.7. The minimum Gasteiger partial charge on any atom is -0.345 e. The van der Waals surface area contributed by atoms with Gasteiger partial charge in [-0.05, 0) is 25.3 Å². The van der Waals surface area contributed by atoms with Gasteiger partial charge in [0.15, 0.2) is 0 Å². The van der Waals surface area contributed by atoms with Crippen LogP contribution in [0.2, 0.25) is 0 Å². The highest BCUT2D eigenvalue weighted by molar-refractivity contribution is 5.91. The van der Waals surface area contributed by atoms with E-state index in [2.05, 4.69) is 10.6 Å². The molecule has 1 aliphatic carbocycles. The van der Waals surface area contributed by atoms with E-state index in [0.29, 0.717) is 31.2 Å². The van der Waals surface area contributed by atoms with Crippen molar-refractivity contribution in [2.75, 3.05) is 0 Å². The lowest BCUT2D eigenvalue weighted by Crippen LogP contribution is -2.46. The van der Waals surface area contributed by atoms with Crippen LogP contribution in [0.5, 0.6) is 0 Å². The Morgan fingerprint density at radius 3 is 2.65 bits per heavy atom. The van der Waals surface area contributed by atoms with Crippen molar-refractivity contribution in [2.24, 2.45) is 0 Å². The molecular formula is C14H14F2N2O2. The number of carbonyl (C=O) groups excluding carboxylic acids is 2. The van der Waals surface area contributed by atoms with E-state index in [9.17, 15) is 18.4 Å². The van der Waals surface area contributed by atoms with Gasteiger partial charge in [0.2, 0.25) is 11.8 Å². The zero-order valence-corrected chi connectivity index (χ0v) is 10.7. The van der Waals surface area contributed by atoms with Crippen molar-refractivity contribution in [1.82, 2.24) is 10.6 Å². The fraction of sp³-hybridized carbons (Fsp3) is 0.429. The maximum Gasteiger partial charge on any atom is 0.243 e. The van der Waals surface area contributed by atoms with Crippen molar-refractivity contribution in [3.05, 3.63) is 35.4 Å². The van der Waals surface area contributed by atoms with Crippen molar-refractivity contribution in [1.29, 1.82) is 0 Å². The predicted octanol–water partition coefficient (Wildman–Crippen LogP) is 1.35. The normalized spacial score (nSPS) is 23.3. The molecule has 1 saturated heterocycles. The Bertz CT molecular complexity index is 585. The van der Waals surface area contributed by atoms with Crippen molar-refractivity contribution in [3.8, 4) is 0 Å². The van der Waals surface area contributed by atoms with E-state index in [0.717, 1.165) is 6.07 Å². The molecule has 0 spiro atoms. The van der Waals surface area contributed by atoms with Crippen LogP contribution in [0.4, 0.5) is 8.78 Å². The predicted molar refractivity (Wildman–Crippen MR) is 66.6 cm³/mol. The molecule has 1 saturated carbocycles. The number of hydrogen-bond acceptors (Lipinski definition) is 2. The second-order valence-electron chi connectivity index (χ2n) is 5.35. The van der Waals surface area contributed by atoms with Gasteiger partial charge in [-0.3, -0.25) is 9.59 Å². The molecule has 2 amide bonds. The maximum absolute atomic E-state index is 13.8. The van der Waals surface area contributed by atoms with E-state index in [1.807, 2.05) is 0 Å². The third-order valence-corrected chi connectivity index (χ3v) is 3.87. The second-order valence-corrected chi connectivity index (χ2v) is 5.35. The van der Waals surface area contributed by atoms with Gasteiger partial charge in [0.05, 0.1) is 5.54 Å². The summed E-state index contributed by atoms with van der Waals surface area (Å²) in [5, 5.41) is 5.36. The topological polar surface area (TPSA) is 58.2 Å². The molecule has 20 heavy (non-hydrogen) atoms. The lowest BCUT2D eigenvalue weighted by Gasteiger charge is -2.21. The first kappa shape index (κ1) is 13.0. The number of halogens is 2. The molecule has 0 bridgehead atoms. The van der Waals surface area contributed by atoms with E-state index in [1.54, 1.807) is 0 Å². The number of rotatable bonds is 3. The Kier molecular flexibility index (Phi) is 2.96. The molecule has 1 aliphatic heterocycles. The first-order valence-electron chi connectivity index (χ1n) is 6.57. The zero-order chi connectivity index (χ0) is 14.3. The highest BCUT2D eigenvalue weighted by Crippen LogP contribution is 2.46. The van der Waals surface area contributed by atoms with E-state index < -0.39 is 23.2 Å². The minimum atomic E-state index is -0.748. The fourth-order valence-electron chi connectivity index (χ4n) is 2.60. The molecule has 0 aromatic heterocycles. The molecule has 1 atom stereocenters. The van der Waals surface area contributed by atoms with Gasteiger partial charge >= 0.3 is 0 Å². The van der Waals surface area contributed by atoms with Gasteiger partial charge in [0, 0.05) is 18.1 Å².